The zero-order valence-electron chi connectivity index (χ0n) is 11.6. The lowest BCUT2D eigenvalue weighted by Gasteiger charge is -2.19. The highest BCUT2D eigenvalue weighted by Gasteiger charge is 2.20. The van der Waals surface area contributed by atoms with Crippen LogP contribution in [0.4, 0.5) is 15.8 Å². The van der Waals surface area contributed by atoms with Gasteiger partial charge in [-0.1, -0.05) is 19.1 Å². The van der Waals surface area contributed by atoms with Gasteiger partial charge in [-0.05, 0) is 24.6 Å². The molecule has 1 aromatic carbocycles. The first kappa shape index (κ1) is 14.1. The van der Waals surface area contributed by atoms with Crippen LogP contribution in [0.25, 0.3) is 0 Å². The van der Waals surface area contributed by atoms with E-state index in [0.29, 0.717) is 17.9 Å². The number of hydrogen-bond acceptors (Lipinski definition) is 2. The molecule has 0 aliphatic heterocycles. The highest BCUT2D eigenvalue weighted by molar-refractivity contribution is 6.05. The molecule has 0 spiro atoms. The maximum Gasteiger partial charge on any atom is 0.274 e. The number of nitrogens with zero attached hydrogens (tertiary/aromatic N) is 2. The molecule has 0 saturated carbocycles. The fourth-order valence-corrected chi connectivity index (χ4v) is 2.14. The Hall–Kier alpha value is -2.30. The van der Waals surface area contributed by atoms with Gasteiger partial charge in [0, 0.05) is 19.8 Å². The summed E-state index contributed by atoms with van der Waals surface area (Å²) in [5, 5.41) is 0. The Kier molecular flexibility index (Phi) is 4.08. The Labute approximate surface area is 117 Å². The van der Waals surface area contributed by atoms with Crippen LogP contribution >= 0.6 is 0 Å². The lowest BCUT2D eigenvalue weighted by Crippen LogP contribution is -2.29. The predicted molar refractivity (Wildman–Crippen MR) is 78.3 cm³/mol. The van der Waals surface area contributed by atoms with Crippen LogP contribution < -0.4 is 10.6 Å². The van der Waals surface area contributed by atoms with Gasteiger partial charge in [-0.2, -0.15) is 0 Å². The first-order chi connectivity index (χ1) is 9.54. The number of rotatable bonds is 4. The fourth-order valence-electron chi connectivity index (χ4n) is 2.14. The van der Waals surface area contributed by atoms with E-state index in [0.717, 1.165) is 6.42 Å². The number of halogens is 1. The molecule has 1 amide bonds. The van der Waals surface area contributed by atoms with Crippen LogP contribution in [0.5, 0.6) is 0 Å². The molecule has 1 heterocycles. The van der Waals surface area contributed by atoms with Crippen LogP contribution in [0.1, 0.15) is 23.8 Å². The van der Waals surface area contributed by atoms with E-state index in [1.165, 1.54) is 11.0 Å². The summed E-state index contributed by atoms with van der Waals surface area (Å²) in [4.78, 5) is 13.8. The molecule has 0 aliphatic rings. The van der Waals surface area contributed by atoms with Crippen LogP contribution in [0.15, 0.2) is 36.5 Å². The number of anilines is 2. The molecule has 1 aromatic heterocycles. The predicted octanol–water partition coefficient (Wildman–Crippen LogP) is 2.90. The lowest BCUT2D eigenvalue weighted by atomic mass is 10.2. The van der Waals surface area contributed by atoms with Crippen LogP contribution in [-0.2, 0) is 6.54 Å². The summed E-state index contributed by atoms with van der Waals surface area (Å²) in [5.41, 5.74) is 7.00. The quantitative estimate of drug-likeness (QED) is 0.932. The van der Waals surface area contributed by atoms with Crippen molar-refractivity contribution in [2.45, 2.75) is 19.9 Å². The number of nitrogen functional groups attached to an aromatic ring is 1. The molecule has 0 radical (unpaired) electrons. The molecule has 2 N–H and O–H groups in total. The Morgan fingerprint density at radius 1 is 1.40 bits per heavy atom. The number of aromatic nitrogens is 1. The number of carbonyl (C=O) groups excluding carboxylic acids is 1. The molecule has 106 valence electrons. The molecule has 4 nitrogen and oxygen atoms in total. The zero-order chi connectivity index (χ0) is 14.7. The minimum atomic E-state index is -0.426. The summed E-state index contributed by atoms with van der Waals surface area (Å²) < 4.78 is 15.5. The number of amides is 1. The monoisotopic (exact) mass is 275 g/mol. The van der Waals surface area contributed by atoms with Crippen molar-refractivity contribution < 1.29 is 9.18 Å². The Balaban J connectivity index is 2.34. The van der Waals surface area contributed by atoms with E-state index in [-0.39, 0.29) is 11.6 Å². The number of carbonyl (C=O) groups is 1. The first-order valence-corrected chi connectivity index (χ1v) is 6.52. The van der Waals surface area contributed by atoms with Crippen molar-refractivity contribution in [2.75, 3.05) is 17.7 Å². The second kappa shape index (κ2) is 5.77. The number of para-hydroxylation sites is 1. The molecule has 0 atom stereocenters. The highest BCUT2D eigenvalue weighted by atomic mass is 19.1. The van der Waals surface area contributed by atoms with E-state index < -0.39 is 5.82 Å². The van der Waals surface area contributed by atoms with E-state index in [4.69, 9.17) is 5.73 Å². The standard InChI is InChI=1S/C15H18FN3O/c1-3-8-19-10-11(17)9-14(19)15(20)18(2)13-7-5-4-6-12(13)16/h4-7,9-10H,3,8,17H2,1-2H3. The Morgan fingerprint density at radius 3 is 2.75 bits per heavy atom. The van der Waals surface area contributed by atoms with Crippen molar-refractivity contribution in [2.24, 2.45) is 0 Å². The largest absolute Gasteiger partial charge is 0.397 e. The van der Waals surface area contributed by atoms with Crippen LogP contribution in [0, 0.1) is 5.82 Å². The maximum atomic E-state index is 13.7. The minimum absolute atomic E-state index is 0.250. The SMILES string of the molecule is CCCn1cc(N)cc1C(=O)N(C)c1ccccc1F. The third-order valence-corrected chi connectivity index (χ3v) is 3.12. The molecule has 0 saturated heterocycles. The molecular weight excluding hydrogens is 257 g/mol. The van der Waals surface area contributed by atoms with Crippen LogP contribution in [-0.4, -0.2) is 17.5 Å². The van der Waals surface area contributed by atoms with Gasteiger partial charge >= 0.3 is 0 Å². The van der Waals surface area contributed by atoms with Crippen molar-refractivity contribution in [3.63, 3.8) is 0 Å². The first-order valence-electron chi connectivity index (χ1n) is 6.52. The number of nitrogens with two attached hydrogens (primary N) is 1. The van der Waals surface area contributed by atoms with Crippen molar-refractivity contribution in [1.29, 1.82) is 0 Å². The zero-order valence-corrected chi connectivity index (χ0v) is 11.6. The second-order valence-corrected chi connectivity index (χ2v) is 4.67. The summed E-state index contributed by atoms with van der Waals surface area (Å²) in [6.45, 7) is 2.72. The third-order valence-electron chi connectivity index (χ3n) is 3.12. The molecule has 0 bridgehead atoms. The van der Waals surface area contributed by atoms with Gasteiger partial charge in [0.1, 0.15) is 11.5 Å². The number of aryl methyl sites for hydroxylation is 1. The fraction of sp³-hybridized carbons (Fsp3) is 0.267. The molecule has 0 fully saturated rings. The third kappa shape index (κ3) is 2.66. The van der Waals surface area contributed by atoms with Crippen LogP contribution in [0.3, 0.4) is 0 Å². The molecule has 20 heavy (non-hydrogen) atoms. The number of benzene rings is 1. The summed E-state index contributed by atoms with van der Waals surface area (Å²) in [6, 6.07) is 7.81. The van der Waals surface area contributed by atoms with Crippen LogP contribution in [0.2, 0.25) is 0 Å². The smallest absolute Gasteiger partial charge is 0.274 e. The van der Waals surface area contributed by atoms with Gasteiger partial charge in [0.2, 0.25) is 0 Å². The molecule has 5 heteroatoms. The van der Waals surface area contributed by atoms with Gasteiger partial charge in [-0.3, -0.25) is 4.79 Å². The van der Waals surface area contributed by atoms with Crippen molar-refractivity contribution in [1.82, 2.24) is 4.57 Å². The van der Waals surface area contributed by atoms with Crippen molar-refractivity contribution in [3.8, 4) is 0 Å². The second-order valence-electron chi connectivity index (χ2n) is 4.67. The Bertz CT molecular complexity index is 621. The van der Waals surface area contributed by atoms with Gasteiger partial charge in [0.15, 0.2) is 0 Å². The normalized spacial score (nSPS) is 10.6. The average Bonchev–Trinajstić information content (AvgIpc) is 2.79. The highest BCUT2D eigenvalue weighted by Crippen LogP contribution is 2.21. The summed E-state index contributed by atoms with van der Waals surface area (Å²) >= 11 is 0. The maximum absolute atomic E-state index is 13.7. The summed E-state index contributed by atoms with van der Waals surface area (Å²) in [7, 11) is 1.56. The van der Waals surface area contributed by atoms with E-state index in [9.17, 15) is 9.18 Å². The number of hydrogen-bond donors (Lipinski definition) is 1. The molecule has 0 unspecified atom stereocenters. The summed E-state index contributed by atoms with van der Waals surface area (Å²) in [5.74, 6) is -0.704. The van der Waals surface area contributed by atoms with Gasteiger partial charge in [0.25, 0.3) is 5.91 Å². The van der Waals surface area contributed by atoms with E-state index >= 15 is 0 Å². The van der Waals surface area contributed by atoms with Crippen molar-refractivity contribution in [3.05, 3.63) is 48.0 Å². The Morgan fingerprint density at radius 2 is 2.10 bits per heavy atom. The van der Waals surface area contributed by atoms with E-state index in [1.54, 1.807) is 42.1 Å². The topological polar surface area (TPSA) is 51.3 Å². The lowest BCUT2D eigenvalue weighted by molar-refractivity contribution is 0.0983. The molecule has 2 rings (SSSR count). The van der Waals surface area contributed by atoms with E-state index in [2.05, 4.69) is 0 Å². The van der Waals surface area contributed by atoms with Gasteiger partial charge in [-0.25, -0.2) is 4.39 Å². The summed E-state index contributed by atoms with van der Waals surface area (Å²) in [6.07, 6.45) is 2.61. The molecule has 2 aromatic rings. The molecule has 0 aliphatic carbocycles. The van der Waals surface area contributed by atoms with Gasteiger partial charge in [-0.15, -0.1) is 0 Å². The average molecular weight is 275 g/mol. The minimum Gasteiger partial charge on any atom is -0.397 e. The van der Waals surface area contributed by atoms with E-state index in [1.807, 2.05) is 6.92 Å². The molecular formula is C15H18FN3O. The van der Waals surface area contributed by atoms with Gasteiger partial charge in [0.05, 0.1) is 11.4 Å². The van der Waals surface area contributed by atoms with Crippen molar-refractivity contribution >= 4 is 17.3 Å². The van der Waals surface area contributed by atoms with Gasteiger partial charge < -0.3 is 15.2 Å².